The number of hydrogen-bond donors (Lipinski definition) is 1. The average Bonchev–Trinajstić information content (AvgIpc) is 2.84. The summed E-state index contributed by atoms with van der Waals surface area (Å²) in [6, 6.07) is 11.4. The number of benzene rings is 2. The van der Waals surface area contributed by atoms with E-state index in [1.165, 1.54) is 36.4 Å². The lowest BCUT2D eigenvalue weighted by Gasteiger charge is -2.36. The van der Waals surface area contributed by atoms with E-state index in [2.05, 4.69) is 4.98 Å². The van der Waals surface area contributed by atoms with E-state index in [1.54, 1.807) is 17.0 Å². The van der Waals surface area contributed by atoms with Gasteiger partial charge in [0, 0.05) is 43.2 Å². The Kier molecular flexibility index (Phi) is 6.54. The molecule has 0 radical (unpaired) electrons. The molecular formula is C25H25F2N5O2. The Labute approximate surface area is 196 Å². The number of amides is 2. The molecule has 1 aromatic heterocycles. The lowest BCUT2D eigenvalue weighted by Crippen LogP contribution is -2.50. The van der Waals surface area contributed by atoms with Crippen LogP contribution in [0.1, 0.15) is 24.3 Å². The normalized spacial score (nSPS) is 13.9. The summed E-state index contributed by atoms with van der Waals surface area (Å²) in [6.07, 6.45) is 0. The zero-order chi connectivity index (χ0) is 24.4. The molecule has 1 fully saturated rings. The molecule has 0 bridgehead atoms. The van der Waals surface area contributed by atoms with Crippen LogP contribution in [0.25, 0.3) is 22.5 Å². The van der Waals surface area contributed by atoms with Crippen molar-refractivity contribution in [1.29, 1.82) is 0 Å². The maximum atomic E-state index is 13.6. The van der Waals surface area contributed by atoms with Crippen molar-refractivity contribution in [3.05, 3.63) is 65.9 Å². The minimum Gasteiger partial charge on any atom is -0.364 e. The lowest BCUT2D eigenvalue weighted by molar-refractivity contribution is -0.134. The molecule has 4 rings (SSSR count). The number of nitrogens with two attached hydrogens (primary N) is 1. The molecule has 0 atom stereocenters. The Hall–Kier alpha value is -3.88. The van der Waals surface area contributed by atoms with Crippen LogP contribution in [0.5, 0.6) is 0 Å². The monoisotopic (exact) mass is 465 g/mol. The fourth-order valence-corrected chi connectivity index (χ4v) is 3.93. The van der Waals surface area contributed by atoms with Crippen LogP contribution in [0.3, 0.4) is 0 Å². The van der Waals surface area contributed by atoms with Gasteiger partial charge in [-0.2, -0.15) is 0 Å². The molecule has 34 heavy (non-hydrogen) atoms. The first-order valence-electron chi connectivity index (χ1n) is 11.0. The highest BCUT2D eigenvalue weighted by atomic mass is 19.1. The second-order valence-corrected chi connectivity index (χ2v) is 8.44. The Morgan fingerprint density at radius 1 is 0.824 bits per heavy atom. The summed E-state index contributed by atoms with van der Waals surface area (Å²) in [5.74, 6) is -1.31. The van der Waals surface area contributed by atoms with Gasteiger partial charge in [0.05, 0.1) is 11.4 Å². The molecule has 2 N–H and O–H groups in total. The number of piperazine rings is 1. The minimum absolute atomic E-state index is 0.0196. The molecule has 9 heteroatoms. The van der Waals surface area contributed by atoms with E-state index in [9.17, 15) is 18.4 Å². The molecular weight excluding hydrogens is 440 g/mol. The minimum atomic E-state index is -0.753. The van der Waals surface area contributed by atoms with Gasteiger partial charge in [0.1, 0.15) is 11.6 Å². The maximum absolute atomic E-state index is 13.6. The molecule has 2 aromatic carbocycles. The zero-order valence-electron chi connectivity index (χ0n) is 19.0. The molecule has 176 valence electrons. The van der Waals surface area contributed by atoms with Crippen LogP contribution in [0, 0.1) is 17.6 Å². The van der Waals surface area contributed by atoms with Crippen molar-refractivity contribution < 1.29 is 18.4 Å². The molecule has 1 aliphatic rings. The van der Waals surface area contributed by atoms with Crippen molar-refractivity contribution in [2.75, 3.05) is 31.1 Å². The zero-order valence-corrected chi connectivity index (χ0v) is 19.0. The van der Waals surface area contributed by atoms with Crippen LogP contribution < -0.4 is 10.6 Å². The number of nitrogens with zero attached hydrogens (tertiary/aromatic N) is 4. The predicted molar refractivity (Wildman–Crippen MR) is 125 cm³/mol. The fourth-order valence-electron chi connectivity index (χ4n) is 3.93. The van der Waals surface area contributed by atoms with E-state index in [-0.39, 0.29) is 17.5 Å². The Balaban J connectivity index is 1.80. The average molecular weight is 466 g/mol. The SMILES string of the molecule is CC(C)C(=O)N1CCN(c2nc(-c3ccc(F)cc3)c(-c3ccc(F)cc3)nc2C(N)=O)CC1. The lowest BCUT2D eigenvalue weighted by atomic mass is 10.0. The smallest absolute Gasteiger partial charge is 0.271 e. The largest absolute Gasteiger partial charge is 0.364 e. The van der Waals surface area contributed by atoms with Crippen LogP contribution in [-0.4, -0.2) is 52.9 Å². The highest BCUT2D eigenvalue weighted by Gasteiger charge is 2.28. The van der Waals surface area contributed by atoms with Crippen LogP contribution in [-0.2, 0) is 4.79 Å². The standard InChI is InChI=1S/C25H25F2N5O2/c1-15(2)25(34)32-13-11-31(12-14-32)24-22(23(28)33)29-20(16-3-7-18(26)8-4-16)21(30-24)17-5-9-19(27)10-6-17/h3-10,15H,11-14H2,1-2H3,(H2,28,33). The van der Waals surface area contributed by atoms with Gasteiger partial charge < -0.3 is 15.5 Å². The molecule has 0 saturated carbocycles. The maximum Gasteiger partial charge on any atom is 0.271 e. The van der Waals surface area contributed by atoms with E-state index in [4.69, 9.17) is 10.7 Å². The van der Waals surface area contributed by atoms with Crippen molar-refractivity contribution in [3.63, 3.8) is 0 Å². The predicted octanol–water partition coefficient (Wildman–Crippen LogP) is 3.49. The van der Waals surface area contributed by atoms with Gasteiger partial charge in [-0.25, -0.2) is 18.7 Å². The van der Waals surface area contributed by atoms with Gasteiger partial charge in [-0.3, -0.25) is 9.59 Å². The van der Waals surface area contributed by atoms with Crippen molar-refractivity contribution >= 4 is 17.6 Å². The summed E-state index contributed by atoms with van der Waals surface area (Å²) in [4.78, 5) is 37.7. The number of carbonyl (C=O) groups is 2. The Morgan fingerprint density at radius 3 is 1.74 bits per heavy atom. The van der Waals surface area contributed by atoms with Crippen molar-refractivity contribution in [2.45, 2.75) is 13.8 Å². The summed E-state index contributed by atoms with van der Waals surface area (Å²) in [6.45, 7) is 5.56. The van der Waals surface area contributed by atoms with Crippen LogP contribution in [0.4, 0.5) is 14.6 Å². The molecule has 0 spiro atoms. The van der Waals surface area contributed by atoms with E-state index >= 15 is 0 Å². The molecule has 1 saturated heterocycles. The molecule has 0 unspecified atom stereocenters. The van der Waals surface area contributed by atoms with Crippen LogP contribution >= 0.6 is 0 Å². The Morgan fingerprint density at radius 2 is 1.29 bits per heavy atom. The summed E-state index contributed by atoms with van der Waals surface area (Å²) < 4.78 is 27.1. The van der Waals surface area contributed by atoms with Gasteiger partial charge in [0.25, 0.3) is 5.91 Å². The molecule has 3 aromatic rings. The first-order chi connectivity index (χ1) is 16.2. The third-order valence-electron chi connectivity index (χ3n) is 5.73. The van der Waals surface area contributed by atoms with Crippen molar-refractivity contribution in [2.24, 2.45) is 11.7 Å². The van der Waals surface area contributed by atoms with Gasteiger partial charge in [0.2, 0.25) is 5.91 Å². The Bertz CT molecular complexity index is 1210. The third kappa shape index (κ3) is 4.73. The van der Waals surface area contributed by atoms with Gasteiger partial charge in [-0.1, -0.05) is 13.8 Å². The number of anilines is 1. The van der Waals surface area contributed by atoms with Gasteiger partial charge in [0.15, 0.2) is 11.5 Å². The molecule has 1 aliphatic heterocycles. The van der Waals surface area contributed by atoms with E-state index < -0.39 is 17.5 Å². The van der Waals surface area contributed by atoms with E-state index in [0.717, 1.165) is 0 Å². The third-order valence-corrected chi connectivity index (χ3v) is 5.73. The number of primary amides is 1. The quantitative estimate of drug-likeness (QED) is 0.623. The second kappa shape index (κ2) is 9.54. The van der Waals surface area contributed by atoms with Crippen molar-refractivity contribution in [1.82, 2.24) is 14.9 Å². The van der Waals surface area contributed by atoms with Crippen LogP contribution in [0.15, 0.2) is 48.5 Å². The highest BCUT2D eigenvalue weighted by Crippen LogP contribution is 2.33. The fraction of sp³-hybridized carbons (Fsp3) is 0.280. The second-order valence-electron chi connectivity index (χ2n) is 8.44. The van der Waals surface area contributed by atoms with E-state index in [0.29, 0.717) is 54.5 Å². The first-order valence-corrected chi connectivity index (χ1v) is 11.0. The van der Waals surface area contributed by atoms with Gasteiger partial charge in [-0.15, -0.1) is 0 Å². The molecule has 0 aliphatic carbocycles. The number of rotatable bonds is 5. The number of carbonyl (C=O) groups excluding carboxylic acids is 2. The van der Waals surface area contributed by atoms with Crippen molar-refractivity contribution in [3.8, 4) is 22.5 Å². The summed E-state index contributed by atoms with van der Waals surface area (Å²) >= 11 is 0. The summed E-state index contributed by atoms with van der Waals surface area (Å²) in [7, 11) is 0. The van der Waals surface area contributed by atoms with Gasteiger partial charge >= 0.3 is 0 Å². The highest BCUT2D eigenvalue weighted by molar-refractivity contribution is 5.97. The van der Waals surface area contributed by atoms with E-state index in [1.807, 2.05) is 18.7 Å². The summed E-state index contributed by atoms with van der Waals surface area (Å²) in [5.41, 5.74) is 7.51. The molecule has 7 nitrogen and oxygen atoms in total. The molecule has 2 heterocycles. The molecule has 2 amide bonds. The number of halogens is 2. The summed E-state index contributed by atoms with van der Waals surface area (Å²) in [5, 5.41) is 0. The number of aromatic nitrogens is 2. The first kappa shape index (κ1) is 23.3. The number of hydrogen-bond acceptors (Lipinski definition) is 5. The topological polar surface area (TPSA) is 92.4 Å². The van der Waals surface area contributed by atoms with Gasteiger partial charge in [-0.05, 0) is 48.5 Å². The van der Waals surface area contributed by atoms with Crippen LogP contribution in [0.2, 0.25) is 0 Å².